The fourth-order valence-electron chi connectivity index (χ4n) is 0.785. The van der Waals surface area contributed by atoms with Gasteiger partial charge in [-0.1, -0.05) is 0 Å². The number of rotatable bonds is 7. The number of aldehydes is 1. The minimum Gasteiger partial charge on any atom is -0.383 e. The summed E-state index contributed by atoms with van der Waals surface area (Å²) in [6.45, 7) is 1.52. The molecule has 0 saturated heterocycles. The smallest absolute Gasteiger partial charge is 0.234 e. The highest BCUT2D eigenvalue weighted by Gasteiger charge is 2.04. The lowest BCUT2D eigenvalue weighted by Crippen LogP contribution is -2.37. The first-order valence-corrected chi connectivity index (χ1v) is 4.08. The summed E-state index contributed by atoms with van der Waals surface area (Å²) in [6.07, 6.45) is 0.766. The molecule has 5 heteroatoms. The second-order valence-corrected chi connectivity index (χ2v) is 2.71. The molecule has 0 aliphatic carbocycles. The molecule has 0 atom stereocenters. The lowest BCUT2D eigenvalue weighted by molar-refractivity contribution is -0.122. The summed E-state index contributed by atoms with van der Waals surface area (Å²) in [4.78, 5) is 22.8. The second kappa shape index (κ2) is 7.70. The van der Waals surface area contributed by atoms with Gasteiger partial charge in [0.2, 0.25) is 5.91 Å². The van der Waals surface area contributed by atoms with Gasteiger partial charge in [-0.3, -0.25) is 9.69 Å². The largest absolute Gasteiger partial charge is 0.383 e. The van der Waals surface area contributed by atoms with E-state index in [1.165, 1.54) is 0 Å². The topological polar surface area (TPSA) is 58.6 Å². The Hall–Kier alpha value is -0.940. The number of nitrogens with zero attached hydrogens (tertiary/aromatic N) is 1. The van der Waals surface area contributed by atoms with Gasteiger partial charge >= 0.3 is 0 Å². The van der Waals surface area contributed by atoms with E-state index in [0.717, 1.165) is 6.29 Å². The molecular formula is C8H16N2O3. The number of carbonyl (C=O) groups excluding carboxylic acids is 2. The number of ether oxygens (including phenoxy) is 1. The first kappa shape index (κ1) is 12.1. The fraction of sp³-hybridized carbons (Fsp3) is 0.750. The standard InChI is InChI=1S/C8H16N2O3/c1-10(4-5-11)7-8(12)9-3-6-13-2/h5H,3-4,6-7H2,1-2H3,(H,9,12). The van der Waals surface area contributed by atoms with Crippen molar-refractivity contribution in [2.24, 2.45) is 0 Å². The predicted octanol–water partition coefficient (Wildman–Crippen LogP) is -1.12. The number of amides is 1. The number of carbonyl (C=O) groups is 2. The molecule has 0 unspecified atom stereocenters. The molecule has 0 rings (SSSR count). The van der Waals surface area contributed by atoms with Crippen LogP contribution >= 0.6 is 0 Å². The minimum absolute atomic E-state index is 0.0959. The molecule has 13 heavy (non-hydrogen) atoms. The lowest BCUT2D eigenvalue weighted by atomic mass is 10.5. The number of hydrogen-bond acceptors (Lipinski definition) is 4. The molecular weight excluding hydrogens is 172 g/mol. The molecule has 0 saturated carbocycles. The van der Waals surface area contributed by atoms with Crippen LogP contribution in [-0.4, -0.2) is 57.5 Å². The van der Waals surface area contributed by atoms with Crippen molar-refractivity contribution in [1.29, 1.82) is 0 Å². The molecule has 0 radical (unpaired) electrons. The van der Waals surface area contributed by atoms with E-state index in [9.17, 15) is 9.59 Å². The van der Waals surface area contributed by atoms with E-state index in [4.69, 9.17) is 4.74 Å². The van der Waals surface area contributed by atoms with Crippen LogP contribution in [-0.2, 0) is 14.3 Å². The van der Waals surface area contributed by atoms with E-state index in [-0.39, 0.29) is 19.0 Å². The maximum Gasteiger partial charge on any atom is 0.234 e. The minimum atomic E-state index is -0.0959. The predicted molar refractivity (Wildman–Crippen MR) is 48.4 cm³/mol. The van der Waals surface area contributed by atoms with Gasteiger partial charge in [0.25, 0.3) is 0 Å². The Morgan fingerprint density at radius 2 is 2.31 bits per heavy atom. The van der Waals surface area contributed by atoms with E-state index in [0.29, 0.717) is 13.2 Å². The van der Waals surface area contributed by atoms with Crippen molar-refractivity contribution >= 4 is 12.2 Å². The monoisotopic (exact) mass is 188 g/mol. The van der Waals surface area contributed by atoms with Crippen molar-refractivity contribution in [2.75, 3.05) is 40.4 Å². The first-order chi connectivity index (χ1) is 6.20. The molecule has 1 N–H and O–H groups in total. The van der Waals surface area contributed by atoms with Gasteiger partial charge in [0, 0.05) is 13.7 Å². The molecule has 0 fully saturated rings. The van der Waals surface area contributed by atoms with E-state index in [2.05, 4.69) is 5.32 Å². The maximum absolute atomic E-state index is 11.1. The zero-order valence-electron chi connectivity index (χ0n) is 8.08. The van der Waals surface area contributed by atoms with Crippen molar-refractivity contribution in [3.05, 3.63) is 0 Å². The Kier molecular flexibility index (Phi) is 7.14. The highest BCUT2D eigenvalue weighted by Crippen LogP contribution is 1.78. The molecule has 0 aliphatic rings. The van der Waals surface area contributed by atoms with Crippen LogP contribution in [0.3, 0.4) is 0 Å². The third-order valence-corrected chi connectivity index (χ3v) is 1.43. The fourth-order valence-corrected chi connectivity index (χ4v) is 0.785. The number of nitrogens with one attached hydrogen (secondary N) is 1. The zero-order valence-corrected chi connectivity index (χ0v) is 8.08. The summed E-state index contributed by atoms with van der Waals surface area (Å²) in [6, 6.07) is 0. The van der Waals surface area contributed by atoms with Gasteiger partial charge < -0.3 is 14.8 Å². The van der Waals surface area contributed by atoms with Crippen LogP contribution < -0.4 is 5.32 Å². The number of methoxy groups -OCH3 is 1. The van der Waals surface area contributed by atoms with Crippen LogP contribution in [0.25, 0.3) is 0 Å². The average Bonchev–Trinajstić information content (AvgIpc) is 2.05. The Bertz CT molecular complexity index is 161. The van der Waals surface area contributed by atoms with Gasteiger partial charge in [0.05, 0.1) is 19.7 Å². The quantitative estimate of drug-likeness (QED) is 0.406. The average molecular weight is 188 g/mol. The van der Waals surface area contributed by atoms with Crippen molar-refractivity contribution in [2.45, 2.75) is 0 Å². The Morgan fingerprint density at radius 1 is 1.62 bits per heavy atom. The van der Waals surface area contributed by atoms with Crippen LogP contribution in [0.15, 0.2) is 0 Å². The second-order valence-electron chi connectivity index (χ2n) is 2.71. The molecule has 0 spiro atoms. The van der Waals surface area contributed by atoms with Crippen LogP contribution in [0.1, 0.15) is 0 Å². The van der Waals surface area contributed by atoms with Gasteiger partial charge in [0.1, 0.15) is 6.29 Å². The van der Waals surface area contributed by atoms with Gasteiger partial charge in [0.15, 0.2) is 0 Å². The maximum atomic E-state index is 11.1. The van der Waals surface area contributed by atoms with E-state index < -0.39 is 0 Å². The SMILES string of the molecule is COCCNC(=O)CN(C)CC=O. The molecule has 0 aliphatic heterocycles. The van der Waals surface area contributed by atoms with Crippen LogP contribution in [0.5, 0.6) is 0 Å². The van der Waals surface area contributed by atoms with Gasteiger partial charge in [-0.05, 0) is 7.05 Å². The molecule has 0 heterocycles. The summed E-state index contributed by atoms with van der Waals surface area (Å²) >= 11 is 0. The van der Waals surface area contributed by atoms with Crippen molar-refractivity contribution in [3.63, 3.8) is 0 Å². The third kappa shape index (κ3) is 7.42. The Balaban J connectivity index is 3.43. The number of hydrogen-bond donors (Lipinski definition) is 1. The molecule has 1 amide bonds. The van der Waals surface area contributed by atoms with Crippen LogP contribution in [0, 0.1) is 0 Å². The lowest BCUT2D eigenvalue weighted by Gasteiger charge is -2.12. The van der Waals surface area contributed by atoms with Crippen molar-refractivity contribution < 1.29 is 14.3 Å². The highest BCUT2D eigenvalue weighted by atomic mass is 16.5. The molecule has 76 valence electrons. The molecule has 0 aromatic rings. The summed E-state index contributed by atoms with van der Waals surface area (Å²) in [5.41, 5.74) is 0. The van der Waals surface area contributed by atoms with Gasteiger partial charge in [-0.2, -0.15) is 0 Å². The summed E-state index contributed by atoms with van der Waals surface area (Å²) < 4.78 is 4.76. The molecule has 5 nitrogen and oxygen atoms in total. The van der Waals surface area contributed by atoms with Crippen molar-refractivity contribution in [1.82, 2.24) is 10.2 Å². The van der Waals surface area contributed by atoms with Crippen LogP contribution in [0.4, 0.5) is 0 Å². The zero-order chi connectivity index (χ0) is 10.1. The summed E-state index contributed by atoms with van der Waals surface area (Å²) in [7, 11) is 3.29. The summed E-state index contributed by atoms with van der Waals surface area (Å²) in [5, 5.41) is 2.65. The Morgan fingerprint density at radius 3 is 2.85 bits per heavy atom. The van der Waals surface area contributed by atoms with E-state index in [1.807, 2.05) is 0 Å². The number of likely N-dealkylation sites (N-methyl/N-ethyl adjacent to an activating group) is 1. The third-order valence-electron chi connectivity index (χ3n) is 1.43. The van der Waals surface area contributed by atoms with Crippen LogP contribution in [0.2, 0.25) is 0 Å². The molecule has 0 bridgehead atoms. The van der Waals surface area contributed by atoms with Gasteiger partial charge in [-0.15, -0.1) is 0 Å². The Labute approximate surface area is 78.0 Å². The van der Waals surface area contributed by atoms with Gasteiger partial charge in [-0.25, -0.2) is 0 Å². The normalized spacial score (nSPS) is 10.1. The van der Waals surface area contributed by atoms with E-state index >= 15 is 0 Å². The van der Waals surface area contributed by atoms with E-state index in [1.54, 1.807) is 19.1 Å². The first-order valence-electron chi connectivity index (χ1n) is 4.08. The molecule has 0 aromatic heterocycles. The highest BCUT2D eigenvalue weighted by molar-refractivity contribution is 5.78. The summed E-state index contributed by atoms with van der Waals surface area (Å²) in [5.74, 6) is -0.0959. The molecule has 0 aromatic carbocycles. The van der Waals surface area contributed by atoms with Crippen molar-refractivity contribution in [3.8, 4) is 0 Å².